The van der Waals surface area contributed by atoms with Gasteiger partial charge in [0.2, 0.25) is 0 Å². The first kappa shape index (κ1) is 13.9. The standard InChI is InChI=1S/C10H19NO4/c1-4-6-8(10(14)15-5-2)11-7(3)9(12)13/h7-8,11H,4-6H2,1-3H3,(H,12,13)/t7-,8?/m1/s1. The zero-order chi connectivity index (χ0) is 11.8. The highest BCUT2D eigenvalue weighted by Gasteiger charge is 2.23. The predicted molar refractivity (Wildman–Crippen MR) is 55.6 cm³/mol. The van der Waals surface area contributed by atoms with Gasteiger partial charge < -0.3 is 9.84 Å². The van der Waals surface area contributed by atoms with Gasteiger partial charge in [0.1, 0.15) is 12.1 Å². The molecule has 0 aliphatic heterocycles. The summed E-state index contributed by atoms with van der Waals surface area (Å²) in [5.41, 5.74) is 0. The van der Waals surface area contributed by atoms with Crippen molar-refractivity contribution in [1.29, 1.82) is 0 Å². The first-order valence-corrected chi connectivity index (χ1v) is 5.18. The molecule has 0 amide bonds. The Hall–Kier alpha value is -1.10. The molecule has 0 saturated heterocycles. The molecule has 0 aromatic heterocycles. The summed E-state index contributed by atoms with van der Waals surface area (Å²) in [5, 5.41) is 11.4. The molecule has 0 rings (SSSR count). The van der Waals surface area contributed by atoms with Gasteiger partial charge in [-0.05, 0) is 20.3 Å². The van der Waals surface area contributed by atoms with Crippen molar-refractivity contribution < 1.29 is 19.4 Å². The molecule has 0 spiro atoms. The molecule has 0 aliphatic carbocycles. The molecule has 0 radical (unpaired) electrons. The quantitative estimate of drug-likeness (QED) is 0.616. The van der Waals surface area contributed by atoms with E-state index < -0.39 is 18.1 Å². The lowest BCUT2D eigenvalue weighted by molar-refractivity contribution is -0.147. The van der Waals surface area contributed by atoms with Crippen molar-refractivity contribution in [3.8, 4) is 0 Å². The molecule has 2 N–H and O–H groups in total. The van der Waals surface area contributed by atoms with Crippen LogP contribution < -0.4 is 5.32 Å². The molecule has 0 aliphatic rings. The van der Waals surface area contributed by atoms with Crippen LogP contribution >= 0.6 is 0 Å². The van der Waals surface area contributed by atoms with Gasteiger partial charge in [-0.3, -0.25) is 14.9 Å². The number of carbonyl (C=O) groups excluding carboxylic acids is 1. The summed E-state index contributed by atoms with van der Waals surface area (Å²) in [4.78, 5) is 22.0. The third kappa shape index (κ3) is 5.37. The van der Waals surface area contributed by atoms with Gasteiger partial charge in [0.05, 0.1) is 6.61 Å². The van der Waals surface area contributed by atoms with E-state index in [0.717, 1.165) is 6.42 Å². The smallest absolute Gasteiger partial charge is 0.323 e. The number of esters is 1. The van der Waals surface area contributed by atoms with Crippen LogP contribution in [-0.2, 0) is 14.3 Å². The fraction of sp³-hybridized carbons (Fsp3) is 0.800. The minimum Gasteiger partial charge on any atom is -0.480 e. The highest BCUT2D eigenvalue weighted by Crippen LogP contribution is 2.01. The third-order valence-corrected chi connectivity index (χ3v) is 1.97. The number of hydrogen-bond acceptors (Lipinski definition) is 4. The van der Waals surface area contributed by atoms with Crippen LogP contribution in [0.1, 0.15) is 33.6 Å². The van der Waals surface area contributed by atoms with E-state index in [1.165, 1.54) is 6.92 Å². The lowest BCUT2D eigenvalue weighted by Crippen LogP contribution is -2.46. The largest absolute Gasteiger partial charge is 0.480 e. The number of hydrogen-bond donors (Lipinski definition) is 2. The number of nitrogens with one attached hydrogen (secondary N) is 1. The first-order chi connectivity index (χ1) is 7.02. The summed E-state index contributed by atoms with van der Waals surface area (Å²) in [5.74, 6) is -1.35. The maximum absolute atomic E-state index is 11.4. The van der Waals surface area contributed by atoms with Gasteiger partial charge >= 0.3 is 11.9 Å². The maximum Gasteiger partial charge on any atom is 0.323 e. The molecule has 88 valence electrons. The summed E-state index contributed by atoms with van der Waals surface area (Å²) in [7, 11) is 0. The fourth-order valence-electron chi connectivity index (χ4n) is 1.17. The third-order valence-electron chi connectivity index (χ3n) is 1.97. The van der Waals surface area contributed by atoms with Crippen molar-refractivity contribution in [3.05, 3.63) is 0 Å². The van der Waals surface area contributed by atoms with Crippen molar-refractivity contribution in [2.75, 3.05) is 6.61 Å². The number of carbonyl (C=O) groups is 2. The van der Waals surface area contributed by atoms with Gasteiger partial charge in [0, 0.05) is 0 Å². The summed E-state index contributed by atoms with van der Waals surface area (Å²) < 4.78 is 4.84. The number of carboxylic acids is 1. The van der Waals surface area contributed by atoms with Gasteiger partial charge in [-0.25, -0.2) is 0 Å². The average molecular weight is 217 g/mol. The zero-order valence-electron chi connectivity index (χ0n) is 9.45. The van der Waals surface area contributed by atoms with Gasteiger partial charge in [-0.15, -0.1) is 0 Å². The van der Waals surface area contributed by atoms with Crippen molar-refractivity contribution in [2.45, 2.75) is 45.7 Å². The van der Waals surface area contributed by atoms with E-state index in [4.69, 9.17) is 9.84 Å². The molecule has 15 heavy (non-hydrogen) atoms. The van der Waals surface area contributed by atoms with Crippen LogP contribution in [0, 0.1) is 0 Å². The Morgan fingerprint density at radius 3 is 2.40 bits per heavy atom. The van der Waals surface area contributed by atoms with Gasteiger partial charge in [0.25, 0.3) is 0 Å². The van der Waals surface area contributed by atoms with E-state index in [1.54, 1.807) is 6.92 Å². The van der Waals surface area contributed by atoms with Gasteiger partial charge in [-0.2, -0.15) is 0 Å². The van der Waals surface area contributed by atoms with Crippen molar-refractivity contribution in [3.63, 3.8) is 0 Å². The zero-order valence-corrected chi connectivity index (χ0v) is 9.45. The highest BCUT2D eigenvalue weighted by atomic mass is 16.5. The molecular weight excluding hydrogens is 198 g/mol. The summed E-state index contributed by atoms with van der Waals surface area (Å²) in [6.45, 7) is 5.47. The average Bonchev–Trinajstić information content (AvgIpc) is 2.17. The Morgan fingerprint density at radius 2 is 2.00 bits per heavy atom. The van der Waals surface area contributed by atoms with Crippen LogP contribution in [0.25, 0.3) is 0 Å². The number of carboxylic acid groups (broad SMARTS) is 1. The topological polar surface area (TPSA) is 75.6 Å². The van der Waals surface area contributed by atoms with E-state index in [1.807, 2.05) is 6.92 Å². The second-order valence-corrected chi connectivity index (χ2v) is 3.32. The fourth-order valence-corrected chi connectivity index (χ4v) is 1.17. The Kier molecular flexibility index (Phi) is 6.70. The Labute approximate surface area is 89.8 Å². The van der Waals surface area contributed by atoms with Crippen LogP contribution in [0.3, 0.4) is 0 Å². The van der Waals surface area contributed by atoms with Crippen LogP contribution in [-0.4, -0.2) is 35.7 Å². The Bertz CT molecular complexity index is 217. The molecule has 0 heterocycles. The summed E-state index contributed by atoms with van der Waals surface area (Å²) in [6, 6.07) is -1.27. The van der Waals surface area contributed by atoms with Crippen LogP contribution in [0.5, 0.6) is 0 Å². The number of ether oxygens (including phenoxy) is 1. The summed E-state index contributed by atoms with van der Waals surface area (Å²) in [6.07, 6.45) is 1.37. The second kappa shape index (κ2) is 7.23. The minimum absolute atomic E-state index is 0.308. The van der Waals surface area contributed by atoms with E-state index >= 15 is 0 Å². The SMILES string of the molecule is CCCC(N[C@H](C)C(=O)O)C(=O)OCC. The lowest BCUT2D eigenvalue weighted by atomic mass is 10.1. The van der Waals surface area contributed by atoms with Gasteiger partial charge in [0.15, 0.2) is 0 Å². The maximum atomic E-state index is 11.4. The molecule has 1 unspecified atom stereocenters. The van der Waals surface area contributed by atoms with Crippen LogP contribution in [0.15, 0.2) is 0 Å². The number of aliphatic carboxylic acids is 1. The normalized spacial score (nSPS) is 14.3. The monoisotopic (exact) mass is 217 g/mol. The molecular formula is C10H19NO4. The predicted octanol–water partition coefficient (Wildman–Crippen LogP) is 0.781. The van der Waals surface area contributed by atoms with E-state index in [9.17, 15) is 9.59 Å². The molecule has 5 nitrogen and oxygen atoms in total. The second-order valence-electron chi connectivity index (χ2n) is 3.32. The van der Waals surface area contributed by atoms with E-state index in [-0.39, 0.29) is 5.97 Å². The lowest BCUT2D eigenvalue weighted by Gasteiger charge is -2.18. The molecule has 0 bridgehead atoms. The molecule has 0 fully saturated rings. The van der Waals surface area contributed by atoms with E-state index in [0.29, 0.717) is 13.0 Å². The van der Waals surface area contributed by atoms with Crippen molar-refractivity contribution >= 4 is 11.9 Å². The molecule has 0 aromatic carbocycles. The van der Waals surface area contributed by atoms with Crippen molar-refractivity contribution in [2.24, 2.45) is 0 Å². The summed E-state index contributed by atoms with van der Waals surface area (Å²) >= 11 is 0. The van der Waals surface area contributed by atoms with Crippen molar-refractivity contribution in [1.82, 2.24) is 5.32 Å². The van der Waals surface area contributed by atoms with E-state index in [2.05, 4.69) is 5.32 Å². The molecule has 5 heteroatoms. The van der Waals surface area contributed by atoms with Crippen LogP contribution in [0.2, 0.25) is 0 Å². The molecule has 0 aromatic rings. The highest BCUT2D eigenvalue weighted by molar-refractivity contribution is 5.78. The first-order valence-electron chi connectivity index (χ1n) is 5.18. The minimum atomic E-state index is -0.972. The Balaban J connectivity index is 4.25. The van der Waals surface area contributed by atoms with Gasteiger partial charge in [-0.1, -0.05) is 13.3 Å². The van der Waals surface area contributed by atoms with Crippen LogP contribution in [0.4, 0.5) is 0 Å². The Morgan fingerprint density at radius 1 is 1.40 bits per heavy atom. The molecule has 2 atom stereocenters. The number of rotatable bonds is 7. The molecule has 0 saturated carbocycles.